The monoisotopic (exact) mass is 398 g/mol. The number of nitrogens with two attached hydrogens (primary N) is 1. The van der Waals surface area contributed by atoms with Gasteiger partial charge < -0.3 is 16.0 Å². The molecule has 3 amide bonds. The minimum Gasteiger partial charge on any atom is -0.330 e. The molecule has 0 bridgehead atoms. The van der Waals surface area contributed by atoms with Crippen molar-refractivity contribution >= 4 is 17.7 Å². The maximum Gasteiger partial charge on any atom is 0.255 e. The molecule has 3 aliphatic rings. The van der Waals surface area contributed by atoms with Crippen LogP contribution in [0.5, 0.6) is 0 Å². The van der Waals surface area contributed by atoms with E-state index in [2.05, 4.69) is 17.6 Å². The normalized spacial score (nSPS) is 29.7. The number of hydrogen-bond donors (Lipinski definition) is 3. The molecule has 4 N–H and O–H groups in total. The summed E-state index contributed by atoms with van der Waals surface area (Å²) in [5.74, 6) is -0.739. The van der Waals surface area contributed by atoms with Crippen LogP contribution in [0, 0.1) is 5.41 Å². The van der Waals surface area contributed by atoms with Crippen molar-refractivity contribution in [1.82, 2.24) is 15.5 Å². The Hall–Kier alpha value is -2.25. The highest BCUT2D eigenvalue weighted by Gasteiger charge is 2.40. The molecule has 7 nitrogen and oxygen atoms in total. The Morgan fingerprint density at radius 3 is 2.66 bits per heavy atom. The Balaban J connectivity index is 1.43. The molecule has 156 valence electrons. The van der Waals surface area contributed by atoms with E-state index in [1.54, 1.807) is 4.90 Å². The first-order valence-electron chi connectivity index (χ1n) is 10.6. The van der Waals surface area contributed by atoms with Gasteiger partial charge in [-0.1, -0.05) is 25.1 Å². The summed E-state index contributed by atoms with van der Waals surface area (Å²) in [7, 11) is 0. The Bertz CT molecular complexity index is 829. The summed E-state index contributed by atoms with van der Waals surface area (Å²) in [4.78, 5) is 38.4. The fraction of sp³-hybridized carbons (Fsp3) is 0.591. The lowest BCUT2D eigenvalue weighted by Crippen LogP contribution is -2.52. The van der Waals surface area contributed by atoms with Crippen LogP contribution in [0.25, 0.3) is 0 Å². The molecule has 1 saturated carbocycles. The zero-order valence-electron chi connectivity index (χ0n) is 17.0. The van der Waals surface area contributed by atoms with Crippen molar-refractivity contribution in [2.24, 2.45) is 11.1 Å². The Morgan fingerprint density at radius 1 is 1.21 bits per heavy atom. The molecule has 4 rings (SSSR count). The van der Waals surface area contributed by atoms with Crippen molar-refractivity contribution in [2.45, 2.75) is 70.6 Å². The molecule has 1 aliphatic carbocycles. The van der Waals surface area contributed by atoms with E-state index in [9.17, 15) is 14.4 Å². The summed E-state index contributed by atoms with van der Waals surface area (Å²) in [6.07, 6.45) is 5.10. The maximum atomic E-state index is 13.1. The van der Waals surface area contributed by atoms with Gasteiger partial charge >= 0.3 is 0 Å². The quantitative estimate of drug-likeness (QED) is 0.651. The molecule has 29 heavy (non-hydrogen) atoms. The summed E-state index contributed by atoms with van der Waals surface area (Å²) in [5.41, 5.74) is 8.81. The van der Waals surface area contributed by atoms with Gasteiger partial charge in [0.1, 0.15) is 6.04 Å². The highest BCUT2D eigenvalue weighted by Crippen LogP contribution is 2.35. The average molecular weight is 399 g/mol. The third-order valence-corrected chi connectivity index (χ3v) is 6.91. The summed E-state index contributed by atoms with van der Waals surface area (Å²) < 4.78 is 0. The Labute approximate surface area is 171 Å². The zero-order chi connectivity index (χ0) is 20.6. The van der Waals surface area contributed by atoms with Crippen LogP contribution in [-0.4, -0.2) is 41.2 Å². The maximum absolute atomic E-state index is 13.1. The van der Waals surface area contributed by atoms with E-state index in [1.165, 1.54) is 0 Å². The number of imide groups is 1. The largest absolute Gasteiger partial charge is 0.330 e. The molecule has 0 radical (unpaired) electrons. The Kier molecular flexibility index (Phi) is 5.44. The molecule has 1 aromatic carbocycles. The van der Waals surface area contributed by atoms with Gasteiger partial charge in [-0.25, -0.2) is 0 Å². The minimum atomic E-state index is -0.569. The molecule has 2 fully saturated rings. The molecule has 0 spiro atoms. The number of fused-ring (bicyclic) bond motifs is 1. The van der Waals surface area contributed by atoms with Crippen LogP contribution in [0.1, 0.15) is 66.9 Å². The van der Waals surface area contributed by atoms with Gasteiger partial charge in [0.2, 0.25) is 11.8 Å². The van der Waals surface area contributed by atoms with Gasteiger partial charge in [-0.3, -0.25) is 19.7 Å². The number of carbonyl (C=O) groups is 3. The van der Waals surface area contributed by atoms with Crippen LogP contribution in [-0.2, 0) is 22.7 Å². The third kappa shape index (κ3) is 3.94. The summed E-state index contributed by atoms with van der Waals surface area (Å²) in [6, 6.07) is 5.79. The predicted molar refractivity (Wildman–Crippen MR) is 109 cm³/mol. The molecule has 7 heteroatoms. The number of piperidine rings is 1. The second kappa shape index (κ2) is 7.88. The van der Waals surface area contributed by atoms with Crippen molar-refractivity contribution in [1.29, 1.82) is 0 Å². The average Bonchev–Trinajstić information content (AvgIpc) is 3.05. The van der Waals surface area contributed by atoms with Gasteiger partial charge in [0.05, 0.1) is 0 Å². The standard InChI is InChI=1S/C22H30N4O3/c1-22(13-23)9-7-16(8-10-22)24-11-14-3-2-4-15-12-26(21(29)19(14)15)17-5-6-18(27)25-20(17)28/h2-4,16-17,24H,5-13,23H2,1H3,(H,25,27,28). The van der Waals surface area contributed by atoms with E-state index in [0.29, 0.717) is 31.1 Å². The van der Waals surface area contributed by atoms with Crippen molar-refractivity contribution in [3.8, 4) is 0 Å². The van der Waals surface area contributed by atoms with Gasteiger partial charge in [0.25, 0.3) is 5.91 Å². The third-order valence-electron chi connectivity index (χ3n) is 6.91. The first-order chi connectivity index (χ1) is 13.9. The van der Waals surface area contributed by atoms with Gasteiger partial charge in [-0.2, -0.15) is 0 Å². The number of carbonyl (C=O) groups excluding carboxylic acids is 3. The number of hydrogen-bond acceptors (Lipinski definition) is 5. The fourth-order valence-corrected chi connectivity index (χ4v) is 4.81. The minimum absolute atomic E-state index is 0.105. The zero-order valence-corrected chi connectivity index (χ0v) is 17.0. The molecule has 1 aromatic rings. The van der Waals surface area contributed by atoms with Crippen LogP contribution in [0.2, 0.25) is 0 Å². The fourth-order valence-electron chi connectivity index (χ4n) is 4.81. The van der Waals surface area contributed by atoms with Crippen LogP contribution >= 0.6 is 0 Å². The van der Waals surface area contributed by atoms with E-state index < -0.39 is 6.04 Å². The lowest BCUT2D eigenvalue weighted by atomic mass is 9.74. The van der Waals surface area contributed by atoms with Crippen LogP contribution < -0.4 is 16.4 Å². The first-order valence-corrected chi connectivity index (χ1v) is 10.6. The van der Waals surface area contributed by atoms with Gasteiger partial charge in [0, 0.05) is 31.1 Å². The lowest BCUT2D eigenvalue weighted by Gasteiger charge is -2.36. The molecular weight excluding hydrogens is 368 g/mol. The van der Waals surface area contributed by atoms with E-state index >= 15 is 0 Å². The first kappa shape index (κ1) is 20.0. The second-order valence-corrected chi connectivity index (χ2v) is 9.02. The Morgan fingerprint density at radius 2 is 1.97 bits per heavy atom. The predicted octanol–water partition coefficient (Wildman–Crippen LogP) is 1.44. The van der Waals surface area contributed by atoms with Crippen LogP contribution in [0.3, 0.4) is 0 Å². The van der Waals surface area contributed by atoms with Crippen molar-refractivity contribution < 1.29 is 14.4 Å². The van der Waals surface area contributed by atoms with Gasteiger partial charge in [-0.15, -0.1) is 0 Å². The van der Waals surface area contributed by atoms with E-state index in [4.69, 9.17) is 5.73 Å². The van der Waals surface area contributed by atoms with E-state index in [-0.39, 0.29) is 29.6 Å². The number of amides is 3. The van der Waals surface area contributed by atoms with Gasteiger partial charge in [-0.05, 0) is 55.2 Å². The van der Waals surface area contributed by atoms with Crippen molar-refractivity contribution in [2.75, 3.05) is 6.54 Å². The molecule has 0 aromatic heterocycles. The van der Waals surface area contributed by atoms with E-state index in [1.807, 2.05) is 18.2 Å². The summed E-state index contributed by atoms with van der Waals surface area (Å²) in [5, 5.41) is 5.98. The second-order valence-electron chi connectivity index (χ2n) is 9.02. The molecule has 1 saturated heterocycles. The van der Waals surface area contributed by atoms with E-state index in [0.717, 1.165) is 43.4 Å². The lowest BCUT2D eigenvalue weighted by molar-refractivity contribution is -0.136. The topological polar surface area (TPSA) is 105 Å². The highest BCUT2D eigenvalue weighted by atomic mass is 16.2. The molecule has 1 atom stereocenters. The molecule has 2 aliphatic heterocycles. The number of benzene rings is 1. The number of nitrogens with zero attached hydrogens (tertiary/aromatic N) is 1. The van der Waals surface area contributed by atoms with Crippen molar-refractivity contribution in [3.63, 3.8) is 0 Å². The number of nitrogens with one attached hydrogen (secondary N) is 2. The summed E-state index contributed by atoms with van der Waals surface area (Å²) in [6.45, 7) is 4.06. The number of rotatable bonds is 5. The smallest absolute Gasteiger partial charge is 0.255 e. The van der Waals surface area contributed by atoms with Crippen LogP contribution in [0.4, 0.5) is 0 Å². The van der Waals surface area contributed by atoms with Crippen molar-refractivity contribution in [3.05, 3.63) is 34.9 Å². The highest BCUT2D eigenvalue weighted by molar-refractivity contribution is 6.05. The summed E-state index contributed by atoms with van der Waals surface area (Å²) >= 11 is 0. The SMILES string of the molecule is CC1(CN)CCC(NCc2cccc3c2C(=O)N(C2CCC(=O)NC2=O)C3)CC1. The molecular formula is C22H30N4O3. The van der Waals surface area contributed by atoms with Gasteiger partial charge in [0.15, 0.2) is 0 Å². The van der Waals surface area contributed by atoms with Crippen LogP contribution in [0.15, 0.2) is 18.2 Å². The molecule has 1 unspecified atom stereocenters. The molecule has 2 heterocycles.